The highest BCUT2D eigenvalue weighted by Gasteiger charge is 2.15. The van der Waals surface area contributed by atoms with Crippen molar-refractivity contribution in [3.63, 3.8) is 0 Å². The number of benzene rings is 2. The Kier molecular flexibility index (Phi) is 6.93. The number of nitrogens with one attached hydrogen (secondary N) is 4. The van der Waals surface area contributed by atoms with Gasteiger partial charge in [0.05, 0.1) is 17.0 Å². The van der Waals surface area contributed by atoms with Crippen LogP contribution < -0.4 is 20.9 Å². The molecule has 0 heterocycles. The molecule has 11 heteroatoms. The minimum atomic E-state index is -3.91. The number of hydrogen-bond donors (Lipinski definition) is 5. The second-order valence-electron chi connectivity index (χ2n) is 5.54. The number of sulfonamides is 1. The van der Waals surface area contributed by atoms with Gasteiger partial charge in [-0.2, -0.15) is 0 Å². The zero-order valence-electron chi connectivity index (χ0n) is 14.5. The van der Waals surface area contributed by atoms with Gasteiger partial charge in [-0.1, -0.05) is 6.07 Å². The monoisotopic (exact) mass is 406 g/mol. The van der Waals surface area contributed by atoms with Crippen molar-refractivity contribution in [2.75, 3.05) is 15.5 Å². The van der Waals surface area contributed by atoms with Crippen molar-refractivity contribution < 1.29 is 27.9 Å². The van der Waals surface area contributed by atoms with Gasteiger partial charge in [-0.25, -0.2) is 8.42 Å². The zero-order chi connectivity index (χ0) is 20.6. The molecule has 0 atom stereocenters. The molecule has 148 valence electrons. The predicted molar refractivity (Wildman–Crippen MR) is 102 cm³/mol. The van der Waals surface area contributed by atoms with E-state index in [1.165, 1.54) is 36.4 Å². The van der Waals surface area contributed by atoms with E-state index in [0.717, 1.165) is 0 Å². The third-order valence-electron chi connectivity index (χ3n) is 3.41. The molecule has 5 N–H and O–H groups in total. The largest absolute Gasteiger partial charge is 0.481 e. The van der Waals surface area contributed by atoms with Crippen LogP contribution in [0.15, 0.2) is 53.4 Å². The van der Waals surface area contributed by atoms with Gasteiger partial charge in [0.1, 0.15) is 0 Å². The summed E-state index contributed by atoms with van der Waals surface area (Å²) in [6, 6.07) is 11.7. The molecule has 2 rings (SSSR count). The molecule has 2 amide bonds. The second-order valence-corrected chi connectivity index (χ2v) is 7.22. The summed E-state index contributed by atoms with van der Waals surface area (Å²) in [6.07, 6.45) is -0.0768. The van der Waals surface area contributed by atoms with E-state index >= 15 is 0 Å². The number of anilines is 3. The van der Waals surface area contributed by atoms with E-state index in [2.05, 4.69) is 20.9 Å². The number of carbonyl (C=O) groups excluding carboxylic acids is 2. The van der Waals surface area contributed by atoms with Crippen molar-refractivity contribution in [1.29, 1.82) is 0 Å². The van der Waals surface area contributed by atoms with Crippen molar-refractivity contribution in [3.8, 4) is 0 Å². The lowest BCUT2D eigenvalue weighted by atomic mass is 10.2. The quantitative estimate of drug-likeness (QED) is 0.295. The third-order valence-corrected chi connectivity index (χ3v) is 4.79. The molecule has 0 saturated heterocycles. The van der Waals surface area contributed by atoms with Crippen molar-refractivity contribution in [1.82, 2.24) is 5.43 Å². The van der Waals surface area contributed by atoms with Crippen LogP contribution >= 0.6 is 0 Å². The maximum Gasteiger partial charge on any atom is 0.303 e. The van der Waals surface area contributed by atoms with E-state index in [1.807, 2.05) is 0 Å². The average molecular weight is 406 g/mol. The van der Waals surface area contributed by atoms with Gasteiger partial charge in [0.2, 0.25) is 12.3 Å². The van der Waals surface area contributed by atoms with Crippen LogP contribution in [0.2, 0.25) is 0 Å². The van der Waals surface area contributed by atoms with Crippen LogP contribution in [0.1, 0.15) is 12.8 Å². The highest BCUT2D eigenvalue weighted by atomic mass is 32.2. The Bertz CT molecular complexity index is 960. The van der Waals surface area contributed by atoms with Crippen molar-refractivity contribution in [2.24, 2.45) is 0 Å². The zero-order valence-corrected chi connectivity index (χ0v) is 15.3. The fraction of sp³-hybridized carbons (Fsp3) is 0.118. The normalized spacial score (nSPS) is 10.6. The predicted octanol–water partition coefficient (Wildman–Crippen LogP) is 1.36. The van der Waals surface area contributed by atoms with E-state index < -0.39 is 21.9 Å². The Morgan fingerprint density at radius 3 is 2.29 bits per heavy atom. The van der Waals surface area contributed by atoms with Crippen molar-refractivity contribution >= 4 is 45.4 Å². The summed E-state index contributed by atoms with van der Waals surface area (Å²) in [5.41, 5.74) is 5.93. The lowest BCUT2D eigenvalue weighted by Gasteiger charge is -2.11. The van der Waals surface area contributed by atoms with Gasteiger partial charge in [0, 0.05) is 17.8 Å². The number of hydrogen-bond acceptors (Lipinski definition) is 6. The fourth-order valence-corrected chi connectivity index (χ4v) is 3.24. The average Bonchev–Trinajstić information content (AvgIpc) is 2.66. The molecule has 2 aromatic rings. The SMILES string of the molecule is O=CNNc1ccc(NS(=O)(=O)c2cccc(NC(=O)CCC(=O)O)c2)cc1. The fourth-order valence-electron chi connectivity index (χ4n) is 2.13. The van der Waals surface area contributed by atoms with Crippen LogP contribution in [0, 0.1) is 0 Å². The number of hydrazine groups is 1. The Labute approximate surface area is 161 Å². The van der Waals surface area contributed by atoms with Gasteiger partial charge in [-0.3, -0.25) is 30.0 Å². The molecule has 0 aromatic heterocycles. The number of amides is 2. The first-order chi connectivity index (χ1) is 13.3. The van der Waals surface area contributed by atoms with Gasteiger partial charge in [-0.05, 0) is 42.5 Å². The molecule has 0 bridgehead atoms. The maximum absolute atomic E-state index is 12.5. The number of carbonyl (C=O) groups is 3. The number of carboxylic acids is 1. The minimum absolute atomic E-state index is 0.0756. The Balaban J connectivity index is 2.07. The first-order valence-electron chi connectivity index (χ1n) is 8.00. The Morgan fingerprint density at radius 2 is 1.64 bits per heavy atom. The molecular formula is C17H18N4O6S. The standard InChI is InChI=1S/C17H18N4O6S/c22-11-18-20-12-4-6-13(7-5-12)21-28(26,27)15-3-1-2-14(10-15)19-16(23)8-9-17(24)25/h1-7,10-11,20-21H,8-9H2,(H,18,22)(H,19,23)(H,24,25). The van der Waals surface area contributed by atoms with E-state index in [1.54, 1.807) is 12.1 Å². The van der Waals surface area contributed by atoms with Gasteiger partial charge in [0.25, 0.3) is 10.0 Å². The van der Waals surface area contributed by atoms with Crippen LogP contribution in [0.25, 0.3) is 0 Å². The molecular weight excluding hydrogens is 388 g/mol. The molecule has 0 aliphatic heterocycles. The summed E-state index contributed by atoms with van der Waals surface area (Å²) in [5, 5.41) is 11.1. The van der Waals surface area contributed by atoms with E-state index in [4.69, 9.17) is 5.11 Å². The maximum atomic E-state index is 12.5. The summed E-state index contributed by atoms with van der Waals surface area (Å²) in [4.78, 5) is 32.4. The van der Waals surface area contributed by atoms with Crippen molar-refractivity contribution in [2.45, 2.75) is 17.7 Å². The molecule has 0 fully saturated rings. The first kappa shape index (κ1) is 20.7. The first-order valence-corrected chi connectivity index (χ1v) is 9.48. The highest BCUT2D eigenvalue weighted by molar-refractivity contribution is 7.92. The second kappa shape index (κ2) is 9.37. The van der Waals surface area contributed by atoms with Crippen LogP contribution in [-0.2, 0) is 24.4 Å². The van der Waals surface area contributed by atoms with Crippen LogP contribution in [-0.4, -0.2) is 31.8 Å². The molecule has 0 spiro atoms. The Hall–Kier alpha value is -3.60. The molecule has 10 nitrogen and oxygen atoms in total. The van der Waals surface area contributed by atoms with Gasteiger partial charge in [-0.15, -0.1) is 0 Å². The molecule has 0 saturated carbocycles. The molecule has 0 radical (unpaired) electrons. The summed E-state index contributed by atoms with van der Waals surface area (Å²) in [5.74, 6) is -1.63. The minimum Gasteiger partial charge on any atom is -0.481 e. The number of rotatable bonds is 10. The van der Waals surface area contributed by atoms with Crippen LogP contribution in [0.4, 0.5) is 17.1 Å². The van der Waals surface area contributed by atoms with Gasteiger partial charge in [0.15, 0.2) is 0 Å². The number of carboxylic acid groups (broad SMARTS) is 1. The molecule has 0 aliphatic rings. The lowest BCUT2D eigenvalue weighted by molar-refractivity contribution is -0.138. The van der Waals surface area contributed by atoms with Crippen LogP contribution in [0.3, 0.4) is 0 Å². The number of aliphatic carboxylic acids is 1. The smallest absolute Gasteiger partial charge is 0.303 e. The molecule has 0 unspecified atom stereocenters. The van der Waals surface area contributed by atoms with E-state index in [9.17, 15) is 22.8 Å². The van der Waals surface area contributed by atoms with Gasteiger partial charge >= 0.3 is 5.97 Å². The summed E-state index contributed by atoms with van der Waals surface area (Å²) >= 11 is 0. The van der Waals surface area contributed by atoms with E-state index in [0.29, 0.717) is 17.8 Å². The molecule has 0 aliphatic carbocycles. The van der Waals surface area contributed by atoms with Crippen molar-refractivity contribution in [3.05, 3.63) is 48.5 Å². The van der Waals surface area contributed by atoms with Gasteiger partial charge < -0.3 is 10.4 Å². The Morgan fingerprint density at radius 1 is 0.964 bits per heavy atom. The topological polar surface area (TPSA) is 154 Å². The third kappa shape index (κ3) is 6.29. The van der Waals surface area contributed by atoms with Crippen LogP contribution in [0.5, 0.6) is 0 Å². The molecule has 28 heavy (non-hydrogen) atoms. The summed E-state index contributed by atoms with van der Waals surface area (Å²) in [6.45, 7) is 0. The molecule has 2 aromatic carbocycles. The highest BCUT2D eigenvalue weighted by Crippen LogP contribution is 2.20. The summed E-state index contributed by atoms with van der Waals surface area (Å²) < 4.78 is 27.5. The van der Waals surface area contributed by atoms with E-state index in [-0.39, 0.29) is 23.4 Å². The lowest BCUT2D eigenvalue weighted by Crippen LogP contribution is -2.19. The summed E-state index contributed by atoms with van der Waals surface area (Å²) in [7, 11) is -3.91.